The highest BCUT2D eigenvalue weighted by Gasteiger charge is 2.49. The molecule has 3 heterocycles. The molecule has 3 atom stereocenters. The first-order valence-corrected chi connectivity index (χ1v) is 11.3. The predicted octanol–water partition coefficient (Wildman–Crippen LogP) is 7.30. The van der Waals surface area contributed by atoms with Crippen molar-refractivity contribution < 1.29 is 0 Å². The molecule has 3 unspecified atom stereocenters. The lowest BCUT2D eigenvalue weighted by Gasteiger charge is -2.45. The van der Waals surface area contributed by atoms with Gasteiger partial charge in [-0.3, -0.25) is 0 Å². The van der Waals surface area contributed by atoms with E-state index in [4.69, 9.17) is 4.98 Å². The topological polar surface area (TPSA) is 19.4 Å². The van der Waals surface area contributed by atoms with Crippen LogP contribution in [-0.4, -0.2) is 11.1 Å². The maximum absolute atomic E-state index is 4.96. The van der Waals surface area contributed by atoms with Gasteiger partial charge in [-0.25, -0.2) is 4.98 Å². The van der Waals surface area contributed by atoms with Crippen LogP contribution in [0.2, 0.25) is 0 Å². The molecule has 3 heteroatoms. The molecule has 0 spiro atoms. The van der Waals surface area contributed by atoms with Gasteiger partial charge in [0.05, 0.1) is 5.69 Å². The maximum Gasteiger partial charge on any atom is 0.159 e. The van der Waals surface area contributed by atoms with Crippen LogP contribution in [0.1, 0.15) is 51.2 Å². The largest absolute Gasteiger partial charge is 0.316 e. The molecule has 3 aromatic rings. The molecule has 5 rings (SSSR count). The number of nitrogens with zero attached hydrogens (tertiary/aromatic N) is 3. The van der Waals surface area contributed by atoms with Crippen LogP contribution in [0.15, 0.2) is 79.5 Å². The van der Waals surface area contributed by atoms with Crippen molar-refractivity contribution in [3.63, 3.8) is 0 Å². The van der Waals surface area contributed by atoms with E-state index in [0.29, 0.717) is 11.8 Å². The fourth-order valence-electron chi connectivity index (χ4n) is 5.46. The number of hydrogen-bond donors (Lipinski definition) is 0. The van der Waals surface area contributed by atoms with Crippen LogP contribution in [0.3, 0.4) is 0 Å². The summed E-state index contributed by atoms with van der Waals surface area (Å²) >= 11 is 0. The summed E-state index contributed by atoms with van der Waals surface area (Å²) in [6.45, 7) is 13.3. The number of fused-ring (bicyclic) bond motifs is 5. The summed E-state index contributed by atoms with van der Waals surface area (Å²) in [7, 11) is 0. The van der Waals surface area contributed by atoms with Gasteiger partial charge in [0.25, 0.3) is 0 Å². The standard InChI is InChI=1S/C28H31N3/c1-6-12-21-19(2)27-30(20-13-8-7-9-14-20)25-23(28(3,4)5)17-18-29-26(25)31(27)24-16-11-10-15-22(21)24/h6-11,13-19,21,27H,1,12H2,2-5H3. The molecule has 2 aliphatic heterocycles. The smallest absolute Gasteiger partial charge is 0.159 e. The second kappa shape index (κ2) is 7.26. The average Bonchev–Trinajstić information content (AvgIpc) is 3.12. The summed E-state index contributed by atoms with van der Waals surface area (Å²) in [5.74, 6) is 1.89. The van der Waals surface area contributed by atoms with E-state index in [2.05, 4.69) is 111 Å². The quantitative estimate of drug-likeness (QED) is 0.423. The van der Waals surface area contributed by atoms with Gasteiger partial charge in [-0.05, 0) is 53.1 Å². The van der Waals surface area contributed by atoms with Crippen LogP contribution >= 0.6 is 0 Å². The molecule has 0 radical (unpaired) electrons. The summed E-state index contributed by atoms with van der Waals surface area (Å²) in [6, 6.07) is 21.9. The van der Waals surface area contributed by atoms with Gasteiger partial charge in [0.15, 0.2) is 5.82 Å². The summed E-state index contributed by atoms with van der Waals surface area (Å²) in [6.07, 6.45) is 5.20. The predicted molar refractivity (Wildman–Crippen MR) is 131 cm³/mol. The Labute approximate surface area is 186 Å². The van der Waals surface area contributed by atoms with Crippen LogP contribution in [0.5, 0.6) is 0 Å². The molecule has 0 fully saturated rings. The molecular weight excluding hydrogens is 378 g/mol. The summed E-state index contributed by atoms with van der Waals surface area (Å²) in [4.78, 5) is 9.99. The number of anilines is 4. The van der Waals surface area contributed by atoms with Crippen LogP contribution in [0, 0.1) is 5.92 Å². The van der Waals surface area contributed by atoms with Gasteiger partial charge in [0, 0.05) is 23.5 Å². The Hall–Kier alpha value is -3.07. The van der Waals surface area contributed by atoms with E-state index < -0.39 is 0 Å². The van der Waals surface area contributed by atoms with Gasteiger partial charge in [0.2, 0.25) is 0 Å². The zero-order chi connectivity index (χ0) is 21.8. The number of benzene rings is 2. The van der Waals surface area contributed by atoms with Gasteiger partial charge in [-0.15, -0.1) is 6.58 Å². The first-order valence-electron chi connectivity index (χ1n) is 11.3. The minimum absolute atomic E-state index is 0.0118. The van der Waals surface area contributed by atoms with E-state index in [1.54, 1.807) is 0 Å². The zero-order valence-corrected chi connectivity index (χ0v) is 18.9. The Morgan fingerprint density at radius 1 is 0.968 bits per heavy atom. The molecule has 0 amide bonds. The number of aromatic nitrogens is 1. The second-order valence-electron chi connectivity index (χ2n) is 9.82. The number of pyridine rings is 1. The van der Waals surface area contributed by atoms with Crippen molar-refractivity contribution in [1.82, 2.24) is 4.98 Å². The van der Waals surface area contributed by atoms with Crippen molar-refractivity contribution in [1.29, 1.82) is 0 Å². The summed E-state index contributed by atoms with van der Waals surface area (Å²) < 4.78 is 0. The molecule has 31 heavy (non-hydrogen) atoms. The van der Waals surface area contributed by atoms with Crippen molar-refractivity contribution in [2.45, 2.75) is 51.6 Å². The van der Waals surface area contributed by atoms with Crippen molar-refractivity contribution in [2.24, 2.45) is 5.92 Å². The molecule has 0 saturated heterocycles. The van der Waals surface area contributed by atoms with Crippen LogP contribution in [0.4, 0.5) is 22.9 Å². The Morgan fingerprint density at radius 3 is 2.39 bits per heavy atom. The molecule has 3 nitrogen and oxygen atoms in total. The first-order chi connectivity index (χ1) is 14.9. The fourth-order valence-corrected chi connectivity index (χ4v) is 5.46. The fraction of sp³-hybridized carbons (Fsp3) is 0.321. The molecule has 158 valence electrons. The lowest BCUT2D eigenvalue weighted by atomic mass is 9.78. The highest BCUT2D eigenvalue weighted by Crippen LogP contribution is 2.57. The van der Waals surface area contributed by atoms with Crippen molar-refractivity contribution in [3.8, 4) is 0 Å². The Balaban J connectivity index is 1.82. The zero-order valence-electron chi connectivity index (χ0n) is 18.9. The normalized spacial score (nSPS) is 22.0. The van der Waals surface area contributed by atoms with Crippen molar-refractivity contribution in [2.75, 3.05) is 9.80 Å². The Morgan fingerprint density at radius 2 is 1.68 bits per heavy atom. The molecule has 0 aliphatic carbocycles. The Kier molecular flexibility index (Phi) is 4.65. The van der Waals surface area contributed by atoms with E-state index in [1.165, 1.54) is 28.2 Å². The molecule has 0 N–H and O–H groups in total. The maximum atomic E-state index is 4.96. The SMILES string of the molecule is C=CCC1c2ccccc2N2c3nccc(C(C)(C)C)c3N(c3ccccc3)C2C1C. The summed E-state index contributed by atoms with van der Waals surface area (Å²) in [5.41, 5.74) is 6.48. The van der Waals surface area contributed by atoms with E-state index in [0.717, 1.165) is 12.2 Å². The third-order valence-electron chi connectivity index (χ3n) is 6.87. The van der Waals surface area contributed by atoms with E-state index in [-0.39, 0.29) is 11.6 Å². The lowest BCUT2D eigenvalue weighted by molar-refractivity contribution is 0.368. The number of para-hydroxylation sites is 2. The van der Waals surface area contributed by atoms with E-state index >= 15 is 0 Å². The summed E-state index contributed by atoms with van der Waals surface area (Å²) in [5, 5.41) is 0. The van der Waals surface area contributed by atoms with Gasteiger partial charge in [-0.1, -0.05) is 70.2 Å². The first kappa shape index (κ1) is 19.9. The number of rotatable bonds is 3. The van der Waals surface area contributed by atoms with Crippen LogP contribution < -0.4 is 9.80 Å². The monoisotopic (exact) mass is 409 g/mol. The molecule has 2 aromatic carbocycles. The molecule has 0 saturated carbocycles. The second-order valence-corrected chi connectivity index (χ2v) is 9.82. The van der Waals surface area contributed by atoms with Gasteiger partial charge in [0.1, 0.15) is 6.17 Å². The van der Waals surface area contributed by atoms with E-state index in [9.17, 15) is 0 Å². The minimum Gasteiger partial charge on any atom is -0.316 e. The lowest BCUT2D eigenvalue weighted by Crippen LogP contribution is -2.48. The molecule has 1 aromatic heterocycles. The third-order valence-corrected chi connectivity index (χ3v) is 6.87. The minimum atomic E-state index is 0.0118. The van der Waals surface area contributed by atoms with Gasteiger partial charge in [-0.2, -0.15) is 0 Å². The third kappa shape index (κ3) is 2.98. The highest BCUT2D eigenvalue weighted by molar-refractivity contribution is 5.90. The molecule has 0 bridgehead atoms. The van der Waals surface area contributed by atoms with E-state index in [1.807, 2.05) is 6.20 Å². The van der Waals surface area contributed by atoms with Crippen LogP contribution in [0.25, 0.3) is 0 Å². The highest BCUT2D eigenvalue weighted by atomic mass is 15.5. The molecular formula is C28H31N3. The van der Waals surface area contributed by atoms with Crippen molar-refractivity contribution in [3.05, 3.63) is 90.6 Å². The van der Waals surface area contributed by atoms with Gasteiger partial charge >= 0.3 is 0 Å². The average molecular weight is 410 g/mol. The Bertz CT molecular complexity index is 1110. The van der Waals surface area contributed by atoms with Crippen molar-refractivity contribution >= 4 is 22.9 Å². The number of allylic oxidation sites excluding steroid dienone is 1. The number of hydrogen-bond acceptors (Lipinski definition) is 3. The van der Waals surface area contributed by atoms with Crippen LogP contribution in [-0.2, 0) is 5.41 Å². The van der Waals surface area contributed by atoms with Gasteiger partial charge < -0.3 is 9.80 Å². The molecule has 2 aliphatic rings.